The first-order chi connectivity index (χ1) is 8.74. The monoisotopic (exact) mass is 252 g/mol. The summed E-state index contributed by atoms with van der Waals surface area (Å²) in [6, 6.07) is 3.31. The van der Waals surface area contributed by atoms with Gasteiger partial charge in [-0.2, -0.15) is 0 Å². The first-order valence-electron chi connectivity index (χ1n) is 6.11. The molecule has 1 fully saturated rings. The molecule has 5 heteroatoms. The molecule has 0 amide bonds. The van der Waals surface area contributed by atoms with Gasteiger partial charge in [0.25, 0.3) is 0 Å². The smallest absolute Gasteiger partial charge is 0.165 e. The molecule has 0 radical (unpaired) electrons. The van der Waals surface area contributed by atoms with Gasteiger partial charge < -0.3 is 19.9 Å². The zero-order valence-electron chi connectivity index (χ0n) is 10.9. The molecule has 100 valence electrons. The highest BCUT2D eigenvalue weighted by Crippen LogP contribution is 2.35. The van der Waals surface area contributed by atoms with Crippen molar-refractivity contribution in [3.05, 3.63) is 17.7 Å². The minimum atomic E-state index is 0.206. The minimum Gasteiger partial charge on any atom is -0.508 e. The number of phenols is 1. The van der Waals surface area contributed by atoms with Gasteiger partial charge in [-0.1, -0.05) is 0 Å². The molecule has 0 atom stereocenters. The van der Waals surface area contributed by atoms with Crippen LogP contribution >= 0.6 is 0 Å². The summed E-state index contributed by atoms with van der Waals surface area (Å²) in [5.41, 5.74) is 0.955. The van der Waals surface area contributed by atoms with Crippen LogP contribution in [0.4, 0.5) is 0 Å². The lowest BCUT2D eigenvalue weighted by atomic mass is 10.1. The Morgan fingerprint density at radius 3 is 2.56 bits per heavy atom. The number of phenolic OH excluding ortho intramolecular Hbond substituents is 1. The van der Waals surface area contributed by atoms with Crippen LogP contribution in [0.15, 0.2) is 12.1 Å². The molecule has 0 aromatic heterocycles. The van der Waals surface area contributed by atoms with E-state index in [9.17, 15) is 5.11 Å². The Morgan fingerprint density at radius 2 is 1.94 bits per heavy atom. The summed E-state index contributed by atoms with van der Waals surface area (Å²) in [5.74, 6) is 1.48. The fourth-order valence-electron chi connectivity index (χ4n) is 2.25. The molecule has 18 heavy (non-hydrogen) atoms. The van der Waals surface area contributed by atoms with Gasteiger partial charge in [0.15, 0.2) is 11.5 Å². The molecule has 1 saturated heterocycles. The normalized spacial score (nSPS) is 16.6. The van der Waals surface area contributed by atoms with E-state index < -0.39 is 0 Å². The highest BCUT2D eigenvalue weighted by molar-refractivity contribution is 5.51. The van der Waals surface area contributed by atoms with Gasteiger partial charge in [-0.3, -0.25) is 4.90 Å². The van der Waals surface area contributed by atoms with E-state index in [-0.39, 0.29) is 5.75 Å². The number of hydrogen-bond donors (Lipinski definition) is 2. The quantitative estimate of drug-likeness (QED) is 0.830. The van der Waals surface area contributed by atoms with Gasteiger partial charge in [0, 0.05) is 44.4 Å². The second-order valence-corrected chi connectivity index (χ2v) is 4.37. The van der Waals surface area contributed by atoms with E-state index in [2.05, 4.69) is 10.2 Å². The third-order valence-corrected chi connectivity index (χ3v) is 3.14. The average molecular weight is 252 g/mol. The van der Waals surface area contributed by atoms with Gasteiger partial charge in [-0.15, -0.1) is 0 Å². The van der Waals surface area contributed by atoms with Crippen molar-refractivity contribution in [1.29, 1.82) is 0 Å². The molecule has 0 unspecified atom stereocenters. The highest BCUT2D eigenvalue weighted by atomic mass is 16.5. The lowest BCUT2D eigenvalue weighted by Gasteiger charge is -2.28. The predicted octanol–water partition coefficient (Wildman–Crippen LogP) is 0.815. The third-order valence-electron chi connectivity index (χ3n) is 3.14. The average Bonchev–Trinajstić information content (AvgIpc) is 2.39. The molecule has 1 heterocycles. The van der Waals surface area contributed by atoms with Crippen LogP contribution in [-0.4, -0.2) is 50.4 Å². The summed E-state index contributed by atoms with van der Waals surface area (Å²) in [4.78, 5) is 2.33. The summed E-state index contributed by atoms with van der Waals surface area (Å²) in [7, 11) is 3.20. The molecule has 0 spiro atoms. The number of benzene rings is 1. The number of ether oxygens (including phenoxy) is 2. The highest BCUT2D eigenvalue weighted by Gasteiger charge is 2.16. The Hall–Kier alpha value is -1.46. The van der Waals surface area contributed by atoms with Crippen LogP contribution in [0.1, 0.15) is 5.56 Å². The van der Waals surface area contributed by atoms with Crippen molar-refractivity contribution in [2.75, 3.05) is 40.4 Å². The number of hydrogen-bond acceptors (Lipinski definition) is 5. The van der Waals surface area contributed by atoms with E-state index in [0.717, 1.165) is 38.3 Å². The standard InChI is InChI=1S/C13H20N2O3/c1-17-12-8-11(16)7-10(13(12)18-2)9-15-5-3-14-4-6-15/h7-8,14,16H,3-6,9H2,1-2H3. The summed E-state index contributed by atoms with van der Waals surface area (Å²) in [6.45, 7) is 4.76. The maximum absolute atomic E-state index is 9.71. The Morgan fingerprint density at radius 1 is 1.22 bits per heavy atom. The maximum Gasteiger partial charge on any atom is 0.165 e. The zero-order valence-corrected chi connectivity index (χ0v) is 10.9. The van der Waals surface area contributed by atoms with Crippen molar-refractivity contribution in [1.82, 2.24) is 10.2 Å². The molecule has 2 rings (SSSR count). The van der Waals surface area contributed by atoms with Crippen LogP contribution in [0, 0.1) is 0 Å². The largest absolute Gasteiger partial charge is 0.508 e. The van der Waals surface area contributed by atoms with E-state index in [4.69, 9.17) is 9.47 Å². The molecule has 0 saturated carbocycles. The minimum absolute atomic E-state index is 0.206. The molecular formula is C13H20N2O3. The van der Waals surface area contributed by atoms with Crippen LogP contribution in [0.5, 0.6) is 17.2 Å². The molecule has 5 nitrogen and oxygen atoms in total. The van der Waals surface area contributed by atoms with Gasteiger partial charge in [-0.25, -0.2) is 0 Å². The third kappa shape index (κ3) is 2.86. The molecule has 0 aliphatic carbocycles. The maximum atomic E-state index is 9.71. The number of piperazine rings is 1. The van der Waals surface area contributed by atoms with Crippen molar-refractivity contribution >= 4 is 0 Å². The number of nitrogens with one attached hydrogen (secondary N) is 1. The molecule has 1 aromatic carbocycles. The first-order valence-corrected chi connectivity index (χ1v) is 6.11. The van der Waals surface area contributed by atoms with Crippen LogP contribution in [0.2, 0.25) is 0 Å². The fraction of sp³-hybridized carbons (Fsp3) is 0.538. The van der Waals surface area contributed by atoms with Gasteiger partial charge in [0.2, 0.25) is 0 Å². The van der Waals surface area contributed by atoms with Gasteiger partial charge in [-0.05, 0) is 6.07 Å². The van der Waals surface area contributed by atoms with Crippen molar-refractivity contribution in [2.24, 2.45) is 0 Å². The van der Waals surface area contributed by atoms with Gasteiger partial charge in [0.05, 0.1) is 14.2 Å². The summed E-state index contributed by atoms with van der Waals surface area (Å²) >= 11 is 0. The van der Waals surface area contributed by atoms with Gasteiger partial charge >= 0.3 is 0 Å². The molecule has 1 aromatic rings. The predicted molar refractivity (Wildman–Crippen MR) is 69.4 cm³/mol. The summed E-state index contributed by atoms with van der Waals surface area (Å²) < 4.78 is 10.6. The molecule has 0 bridgehead atoms. The molecule has 1 aliphatic heterocycles. The topological polar surface area (TPSA) is 54.0 Å². The first kappa shape index (κ1) is 13.0. The lowest BCUT2D eigenvalue weighted by Crippen LogP contribution is -2.42. The van der Waals surface area contributed by atoms with E-state index in [1.807, 2.05) is 0 Å². The van der Waals surface area contributed by atoms with Crippen LogP contribution in [-0.2, 0) is 6.54 Å². The SMILES string of the molecule is COc1cc(O)cc(CN2CCNCC2)c1OC. The lowest BCUT2D eigenvalue weighted by molar-refractivity contribution is 0.228. The van der Waals surface area contributed by atoms with Gasteiger partial charge in [0.1, 0.15) is 5.75 Å². The molecule has 1 aliphatic rings. The molecular weight excluding hydrogens is 232 g/mol. The zero-order chi connectivity index (χ0) is 13.0. The van der Waals surface area contributed by atoms with Crippen LogP contribution < -0.4 is 14.8 Å². The Kier molecular flexibility index (Phi) is 4.28. The number of methoxy groups -OCH3 is 2. The van der Waals surface area contributed by atoms with Crippen molar-refractivity contribution in [3.63, 3.8) is 0 Å². The molecule has 2 N–H and O–H groups in total. The van der Waals surface area contributed by atoms with E-state index in [1.165, 1.54) is 0 Å². The summed E-state index contributed by atoms with van der Waals surface area (Å²) in [5, 5.41) is 13.0. The summed E-state index contributed by atoms with van der Waals surface area (Å²) in [6.07, 6.45) is 0. The number of nitrogens with zero attached hydrogens (tertiary/aromatic N) is 1. The van der Waals surface area contributed by atoms with Crippen molar-refractivity contribution in [3.8, 4) is 17.2 Å². The van der Waals surface area contributed by atoms with Crippen molar-refractivity contribution < 1.29 is 14.6 Å². The second kappa shape index (κ2) is 5.93. The van der Waals surface area contributed by atoms with E-state index in [1.54, 1.807) is 26.4 Å². The fourth-order valence-corrected chi connectivity index (χ4v) is 2.25. The Bertz CT molecular complexity index is 403. The van der Waals surface area contributed by atoms with E-state index >= 15 is 0 Å². The number of rotatable bonds is 4. The number of aromatic hydroxyl groups is 1. The Labute approximate surface area is 107 Å². The van der Waals surface area contributed by atoms with Crippen LogP contribution in [0.25, 0.3) is 0 Å². The van der Waals surface area contributed by atoms with Crippen molar-refractivity contribution in [2.45, 2.75) is 6.54 Å². The van der Waals surface area contributed by atoms with Crippen LogP contribution in [0.3, 0.4) is 0 Å². The second-order valence-electron chi connectivity index (χ2n) is 4.37. The van der Waals surface area contributed by atoms with E-state index in [0.29, 0.717) is 11.5 Å². The Balaban J connectivity index is 2.21.